The Morgan fingerprint density at radius 1 is 1.27 bits per heavy atom. The van der Waals surface area contributed by atoms with Crippen LogP contribution < -0.4 is 0 Å². The Labute approximate surface area is 129 Å². The number of hydrogen-bond donors (Lipinski definition) is 3. The highest BCUT2D eigenvalue weighted by atomic mass is 31.2. The summed E-state index contributed by atoms with van der Waals surface area (Å²) in [6.45, 7) is 0.0958. The van der Waals surface area contributed by atoms with Crippen LogP contribution in [0.25, 0.3) is 0 Å². The summed E-state index contributed by atoms with van der Waals surface area (Å²) in [4.78, 5) is 22.0. The lowest BCUT2D eigenvalue weighted by molar-refractivity contribution is -0.181. The van der Waals surface area contributed by atoms with Crippen LogP contribution >= 0.6 is 7.82 Å². The van der Waals surface area contributed by atoms with E-state index in [1.165, 1.54) is 6.92 Å². The van der Waals surface area contributed by atoms with Crippen molar-refractivity contribution in [2.75, 3.05) is 47.1 Å². The van der Waals surface area contributed by atoms with E-state index in [2.05, 4.69) is 4.74 Å². The quantitative estimate of drug-likeness (QED) is 0.228. The average Bonchev–Trinajstić information content (AvgIpc) is 2.40. The number of carbonyl (C=O) groups excluding carboxylic acids is 1. The van der Waals surface area contributed by atoms with Crippen LogP contribution in [0.1, 0.15) is 6.92 Å². The maximum atomic E-state index is 11.6. The second-order valence-corrected chi connectivity index (χ2v) is 6.05. The predicted octanol–water partition coefficient (Wildman–Crippen LogP) is -1.06. The lowest BCUT2D eigenvalue weighted by atomic mass is 10.4. The maximum Gasteiger partial charge on any atom is 0.472 e. The Morgan fingerprint density at radius 2 is 1.91 bits per heavy atom. The van der Waals surface area contributed by atoms with E-state index in [9.17, 15) is 19.4 Å². The molecule has 132 valence electrons. The molecule has 3 N–H and O–H groups in total. The van der Waals surface area contributed by atoms with Gasteiger partial charge in [-0.25, -0.2) is 4.57 Å². The van der Waals surface area contributed by atoms with Crippen molar-refractivity contribution >= 4 is 13.8 Å². The number of nitrogens with zero attached hydrogens (tertiary/aromatic N) is 1. The molecule has 11 heteroatoms. The van der Waals surface area contributed by atoms with Crippen LogP contribution in [0.3, 0.4) is 0 Å². The zero-order valence-corrected chi connectivity index (χ0v) is 13.8. The standard InChI is InChI=1S/C11H24NO9P/c1-9(14)18-7-10(21-11(15)6-13)8-20-22(16,17)19-5-4-12(2)3/h10-11,13,15H,4-8H2,1-3H3,(H,16,17). The van der Waals surface area contributed by atoms with Crippen molar-refractivity contribution in [3.63, 3.8) is 0 Å². The minimum absolute atomic E-state index is 0.0183. The number of aliphatic hydroxyl groups excluding tert-OH is 2. The second kappa shape index (κ2) is 11.0. The van der Waals surface area contributed by atoms with Crippen LogP contribution in [0.5, 0.6) is 0 Å². The third kappa shape index (κ3) is 12.0. The van der Waals surface area contributed by atoms with E-state index in [0.717, 1.165) is 0 Å². The number of carbonyl (C=O) groups is 1. The molecule has 0 aromatic carbocycles. The molecule has 3 unspecified atom stereocenters. The second-order valence-electron chi connectivity index (χ2n) is 4.60. The van der Waals surface area contributed by atoms with Gasteiger partial charge in [-0.05, 0) is 14.1 Å². The van der Waals surface area contributed by atoms with Gasteiger partial charge in [0.25, 0.3) is 0 Å². The molecule has 0 rings (SSSR count). The van der Waals surface area contributed by atoms with E-state index in [0.29, 0.717) is 6.54 Å². The predicted molar refractivity (Wildman–Crippen MR) is 74.9 cm³/mol. The van der Waals surface area contributed by atoms with Crippen molar-refractivity contribution in [3.8, 4) is 0 Å². The minimum atomic E-state index is -4.29. The molecule has 0 saturated carbocycles. The minimum Gasteiger partial charge on any atom is -0.463 e. The highest BCUT2D eigenvalue weighted by Crippen LogP contribution is 2.43. The number of rotatable bonds is 12. The molecule has 0 saturated heterocycles. The highest BCUT2D eigenvalue weighted by Gasteiger charge is 2.25. The maximum absolute atomic E-state index is 11.6. The number of esters is 1. The normalized spacial score (nSPS) is 17.0. The van der Waals surface area contributed by atoms with Crippen LogP contribution in [0.15, 0.2) is 0 Å². The van der Waals surface area contributed by atoms with E-state index in [4.69, 9.17) is 18.9 Å². The van der Waals surface area contributed by atoms with E-state index in [-0.39, 0.29) is 13.2 Å². The van der Waals surface area contributed by atoms with Gasteiger partial charge in [0.15, 0.2) is 6.29 Å². The van der Waals surface area contributed by atoms with Crippen molar-refractivity contribution in [2.45, 2.75) is 19.3 Å². The van der Waals surface area contributed by atoms with Gasteiger partial charge < -0.3 is 29.5 Å². The van der Waals surface area contributed by atoms with Crippen molar-refractivity contribution < 1.29 is 43.0 Å². The van der Waals surface area contributed by atoms with E-state index < -0.39 is 39.4 Å². The first kappa shape index (κ1) is 21.4. The van der Waals surface area contributed by atoms with Crippen molar-refractivity contribution in [3.05, 3.63) is 0 Å². The number of hydrogen-bond acceptors (Lipinski definition) is 9. The summed E-state index contributed by atoms with van der Waals surface area (Å²) in [5, 5.41) is 17.9. The smallest absolute Gasteiger partial charge is 0.463 e. The molecule has 22 heavy (non-hydrogen) atoms. The fourth-order valence-corrected chi connectivity index (χ4v) is 1.90. The molecule has 0 fully saturated rings. The molecule has 0 aliphatic heterocycles. The summed E-state index contributed by atoms with van der Waals surface area (Å²) in [5.41, 5.74) is 0. The van der Waals surface area contributed by atoms with Crippen molar-refractivity contribution in [1.82, 2.24) is 4.90 Å². The third-order valence-electron chi connectivity index (χ3n) is 2.19. The Bertz CT molecular complexity index is 365. The Hall–Kier alpha value is -0.580. The Balaban J connectivity index is 4.32. The lowest BCUT2D eigenvalue weighted by Crippen LogP contribution is -2.32. The van der Waals surface area contributed by atoms with Gasteiger partial charge in [0.1, 0.15) is 12.7 Å². The summed E-state index contributed by atoms with van der Waals surface area (Å²) in [6.07, 6.45) is -2.57. The van der Waals surface area contributed by atoms with Gasteiger partial charge in [-0.1, -0.05) is 0 Å². The van der Waals surface area contributed by atoms with Gasteiger partial charge in [-0.3, -0.25) is 13.8 Å². The van der Waals surface area contributed by atoms with Crippen LogP contribution in [-0.4, -0.2) is 85.4 Å². The summed E-state index contributed by atoms with van der Waals surface area (Å²) >= 11 is 0. The first-order chi connectivity index (χ1) is 10.2. The summed E-state index contributed by atoms with van der Waals surface area (Å²) < 4.78 is 30.6. The molecule has 0 bridgehead atoms. The first-order valence-corrected chi connectivity index (χ1v) is 8.00. The molecule has 0 aromatic heterocycles. The Morgan fingerprint density at radius 3 is 2.41 bits per heavy atom. The average molecular weight is 345 g/mol. The molecule has 0 spiro atoms. The van der Waals surface area contributed by atoms with Crippen LogP contribution in [0, 0.1) is 0 Å². The lowest BCUT2D eigenvalue weighted by Gasteiger charge is -2.21. The fraction of sp³-hybridized carbons (Fsp3) is 0.909. The van der Waals surface area contributed by atoms with Crippen molar-refractivity contribution in [2.24, 2.45) is 0 Å². The summed E-state index contributed by atoms with van der Waals surface area (Å²) in [7, 11) is -0.754. The fourth-order valence-electron chi connectivity index (χ4n) is 1.16. The molecule has 0 aliphatic carbocycles. The number of phosphoric ester groups is 1. The van der Waals surface area contributed by atoms with Gasteiger partial charge >= 0.3 is 13.8 Å². The zero-order chi connectivity index (χ0) is 17.2. The molecule has 0 radical (unpaired) electrons. The van der Waals surface area contributed by atoms with Crippen LogP contribution in [-0.2, 0) is 27.9 Å². The van der Waals surface area contributed by atoms with E-state index in [1.807, 2.05) is 0 Å². The molecular formula is C11H24NO9P. The monoisotopic (exact) mass is 345 g/mol. The van der Waals surface area contributed by atoms with E-state index in [1.54, 1.807) is 19.0 Å². The molecule has 3 atom stereocenters. The third-order valence-corrected chi connectivity index (χ3v) is 3.18. The van der Waals surface area contributed by atoms with Crippen LogP contribution in [0.4, 0.5) is 0 Å². The summed E-state index contributed by atoms with van der Waals surface area (Å²) in [6, 6.07) is 0. The van der Waals surface area contributed by atoms with Gasteiger partial charge in [0.05, 0.1) is 19.8 Å². The molecule has 0 aromatic rings. The number of ether oxygens (including phenoxy) is 2. The number of phosphoric acid groups is 1. The van der Waals surface area contributed by atoms with Gasteiger partial charge in [-0.15, -0.1) is 0 Å². The van der Waals surface area contributed by atoms with Gasteiger partial charge in [-0.2, -0.15) is 0 Å². The SMILES string of the molecule is CC(=O)OCC(COP(=O)(O)OCCN(C)C)OC(O)CO. The number of likely N-dealkylation sites (N-methyl/N-ethyl adjacent to an activating group) is 1. The van der Waals surface area contributed by atoms with Crippen LogP contribution in [0.2, 0.25) is 0 Å². The van der Waals surface area contributed by atoms with E-state index >= 15 is 0 Å². The summed E-state index contributed by atoms with van der Waals surface area (Å²) in [5.74, 6) is -0.596. The molecular weight excluding hydrogens is 321 g/mol. The topological polar surface area (TPSA) is 135 Å². The molecule has 0 heterocycles. The van der Waals surface area contributed by atoms with Crippen molar-refractivity contribution in [1.29, 1.82) is 0 Å². The number of aliphatic hydroxyl groups is 2. The molecule has 0 aliphatic rings. The van der Waals surface area contributed by atoms with Gasteiger partial charge in [0.2, 0.25) is 0 Å². The first-order valence-electron chi connectivity index (χ1n) is 6.50. The molecule has 0 amide bonds. The zero-order valence-electron chi connectivity index (χ0n) is 12.9. The highest BCUT2D eigenvalue weighted by molar-refractivity contribution is 7.47. The molecule has 10 nitrogen and oxygen atoms in total. The largest absolute Gasteiger partial charge is 0.472 e. The Kier molecular flexibility index (Phi) is 10.7. The van der Waals surface area contributed by atoms with Gasteiger partial charge in [0, 0.05) is 13.5 Å².